The summed E-state index contributed by atoms with van der Waals surface area (Å²) >= 11 is 0. The molecule has 8 nitrogen and oxygen atoms in total. The van der Waals surface area contributed by atoms with E-state index in [4.69, 9.17) is 10.8 Å². The molecule has 0 bridgehead atoms. The van der Waals surface area contributed by atoms with Crippen LogP contribution in [-0.4, -0.2) is 62.8 Å². The minimum atomic E-state index is 0. The highest BCUT2D eigenvalue weighted by molar-refractivity contribution is 6.09. The summed E-state index contributed by atoms with van der Waals surface area (Å²) in [6, 6.07) is 14.4. The quantitative estimate of drug-likeness (QED) is 0.437. The van der Waals surface area contributed by atoms with Gasteiger partial charge in [0, 0.05) is 55.4 Å². The van der Waals surface area contributed by atoms with Crippen molar-refractivity contribution in [3.8, 4) is 0 Å². The third kappa shape index (κ3) is 4.62. The number of nitrogens with zero attached hydrogens (tertiary/aromatic N) is 6. The van der Waals surface area contributed by atoms with Gasteiger partial charge in [0.25, 0.3) is 0 Å². The van der Waals surface area contributed by atoms with Gasteiger partial charge in [0.05, 0.1) is 5.52 Å². The second-order valence-corrected chi connectivity index (χ2v) is 8.47. The zero-order chi connectivity index (χ0) is 21.9. The number of hydrogen-bond acceptors (Lipinski definition) is 6. The van der Waals surface area contributed by atoms with E-state index in [1.807, 2.05) is 24.4 Å². The molecule has 0 atom stereocenters. The summed E-state index contributed by atoms with van der Waals surface area (Å²) in [6.07, 6.45) is 5.20. The highest BCUT2D eigenvalue weighted by Crippen LogP contribution is 2.31. The Bertz CT molecular complexity index is 1200. The van der Waals surface area contributed by atoms with Crippen LogP contribution in [0, 0.1) is 0 Å². The van der Waals surface area contributed by atoms with Crippen LogP contribution in [0.1, 0.15) is 25.5 Å². The van der Waals surface area contributed by atoms with Crippen LogP contribution in [0.4, 0.5) is 11.6 Å². The Balaban J connectivity index is 0.00000259. The number of aromatic nitrogens is 4. The standard InChI is InChI=1S/C25H31N7.H2O/c1-2-32-21(23-19-9-3-4-10-20(19)28-25(26)24(23)29-32)11-6-8-14-30-15-17-31(18-16-30)22-12-5-7-13-27-22;/h3-5,7,9-10,12-13H,2,6,8,11,14-18H2,1H3,(H2,26,28);1H2. The summed E-state index contributed by atoms with van der Waals surface area (Å²) in [4.78, 5) is 14.0. The number of benzene rings is 1. The average molecular weight is 448 g/mol. The number of nitrogens with two attached hydrogens (primary N) is 1. The molecular formula is C25H33N7O. The first-order valence-corrected chi connectivity index (χ1v) is 11.7. The molecule has 5 rings (SSSR count). The van der Waals surface area contributed by atoms with Gasteiger partial charge in [0.1, 0.15) is 11.3 Å². The molecule has 4 N–H and O–H groups in total. The molecule has 0 amide bonds. The molecule has 1 aliphatic rings. The molecule has 33 heavy (non-hydrogen) atoms. The maximum absolute atomic E-state index is 6.26. The lowest BCUT2D eigenvalue weighted by Gasteiger charge is -2.35. The molecule has 0 aliphatic carbocycles. The van der Waals surface area contributed by atoms with Gasteiger partial charge in [-0.1, -0.05) is 24.3 Å². The van der Waals surface area contributed by atoms with E-state index >= 15 is 0 Å². The van der Waals surface area contributed by atoms with Gasteiger partial charge in [-0.25, -0.2) is 9.97 Å². The Morgan fingerprint density at radius 1 is 0.970 bits per heavy atom. The van der Waals surface area contributed by atoms with Crippen LogP contribution in [-0.2, 0) is 13.0 Å². The number of hydrogen-bond donors (Lipinski definition) is 1. The molecule has 174 valence electrons. The molecule has 0 saturated carbocycles. The van der Waals surface area contributed by atoms with E-state index in [9.17, 15) is 0 Å². The minimum absolute atomic E-state index is 0. The highest BCUT2D eigenvalue weighted by atomic mass is 16.0. The van der Waals surface area contributed by atoms with E-state index in [2.05, 4.69) is 55.6 Å². The molecule has 4 aromatic rings. The molecule has 1 aromatic carbocycles. The van der Waals surface area contributed by atoms with Gasteiger partial charge in [-0.3, -0.25) is 9.58 Å². The third-order valence-electron chi connectivity index (χ3n) is 6.50. The van der Waals surface area contributed by atoms with E-state index in [0.717, 1.165) is 74.3 Å². The van der Waals surface area contributed by atoms with Gasteiger partial charge in [-0.2, -0.15) is 5.10 Å². The molecule has 1 fully saturated rings. The van der Waals surface area contributed by atoms with Gasteiger partial charge < -0.3 is 16.1 Å². The van der Waals surface area contributed by atoms with Crippen molar-refractivity contribution in [2.75, 3.05) is 43.4 Å². The Morgan fingerprint density at radius 2 is 1.76 bits per heavy atom. The lowest BCUT2D eigenvalue weighted by molar-refractivity contribution is 0.252. The number of piperazine rings is 1. The first-order chi connectivity index (χ1) is 15.7. The SMILES string of the molecule is CCn1nc2c(N)nc3ccccc3c2c1CCCCN1CCN(c2ccccn2)CC1.O. The summed E-state index contributed by atoms with van der Waals surface area (Å²) < 4.78 is 2.11. The van der Waals surface area contributed by atoms with E-state index in [-0.39, 0.29) is 5.48 Å². The largest absolute Gasteiger partial charge is 0.412 e. The summed E-state index contributed by atoms with van der Waals surface area (Å²) in [7, 11) is 0. The van der Waals surface area contributed by atoms with Crippen molar-refractivity contribution in [2.24, 2.45) is 0 Å². The van der Waals surface area contributed by atoms with Crippen LogP contribution in [0.5, 0.6) is 0 Å². The van der Waals surface area contributed by atoms with Gasteiger partial charge in [0.2, 0.25) is 0 Å². The molecule has 0 radical (unpaired) electrons. The predicted molar refractivity (Wildman–Crippen MR) is 135 cm³/mol. The first-order valence-electron chi connectivity index (χ1n) is 11.7. The van der Waals surface area contributed by atoms with Gasteiger partial charge in [-0.15, -0.1) is 0 Å². The highest BCUT2D eigenvalue weighted by Gasteiger charge is 2.19. The van der Waals surface area contributed by atoms with Crippen LogP contribution in [0.15, 0.2) is 48.7 Å². The van der Waals surface area contributed by atoms with Crippen LogP contribution in [0.2, 0.25) is 0 Å². The Hall–Kier alpha value is -3.23. The number of nitrogen functional groups attached to an aromatic ring is 1. The van der Waals surface area contributed by atoms with Gasteiger partial charge in [0.15, 0.2) is 5.82 Å². The molecule has 4 heterocycles. The summed E-state index contributed by atoms with van der Waals surface area (Å²) in [5.74, 6) is 1.62. The normalized spacial score (nSPS) is 14.6. The van der Waals surface area contributed by atoms with Crippen LogP contribution >= 0.6 is 0 Å². The second-order valence-electron chi connectivity index (χ2n) is 8.47. The molecule has 0 spiro atoms. The molecule has 3 aromatic heterocycles. The molecular weight excluding hydrogens is 414 g/mol. The second kappa shape index (κ2) is 10.1. The minimum Gasteiger partial charge on any atom is -0.412 e. The van der Waals surface area contributed by atoms with Crippen molar-refractivity contribution in [1.82, 2.24) is 24.6 Å². The zero-order valence-corrected chi connectivity index (χ0v) is 19.2. The van der Waals surface area contributed by atoms with Crippen molar-refractivity contribution in [2.45, 2.75) is 32.7 Å². The van der Waals surface area contributed by atoms with Crippen LogP contribution < -0.4 is 10.6 Å². The van der Waals surface area contributed by atoms with Gasteiger partial charge >= 0.3 is 0 Å². The number of aryl methyl sites for hydroxylation is 2. The maximum Gasteiger partial charge on any atom is 0.152 e. The lowest BCUT2D eigenvalue weighted by Crippen LogP contribution is -2.46. The van der Waals surface area contributed by atoms with E-state index in [1.165, 1.54) is 17.5 Å². The summed E-state index contributed by atoms with van der Waals surface area (Å²) in [5.41, 5.74) is 9.33. The van der Waals surface area contributed by atoms with Crippen molar-refractivity contribution in [1.29, 1.82) is 0 Å². The topological polar surface area (TPSA) is 108 Å². The zero-order valence-electron chi connectivity index (χ0n) is 19.2. The fourth-order valence-electron chi connectivity index (χ4n) is 4.81. The van der Waals surface area contributed by atoms with E-state index in [0.29, 0.717) is 5.82 Å². The van der Waals surface area contributed by atoms with Crippen molar-refractivity contribution in [3.05, 3.63) is 54.4 Å². The Labute approximate surface area is 194 Å². The van der Waals surface area contributed by atoms with Crippen LogP contribution in [0.3, 0.4) is 0 Å². The van der Waals surface area contributed by atoms with E-state index < -0.39 is 0 Å². The first kappa shape index (κ1) is 22.9. The summed E-state index contributed by atoms with van der Waals surface area (Å²) in [5, 5.41) is 7.12. The average Bonchev–Trinajstić information content (AvgIpc) is 3.22. The number of unbranched alkanes of at least 4 members (excludes halogenated alkanes) is 1. The molecule has 1 aliphatic heterocycles. The number of pyridine rings is 2. The van der Waals surface area contributed by atoms with Crippen LogP contribution in [0.25, 0.3) is 21.8 Å². The Morgan fingerprint density at radius 3 is 2.52 bits per heavy atom. The third-order valence-corrected chi connectivity index (χ3v) is 6.50. The number of rotatable bonds is 7. The summed E-state index contributed by atoms with van der Waals surface area (Å²) in [6.45, 7) is 8.40. The maximum atomic E-state index is 6.26. The molecule has 0 unspecified atom stereocenters. The Kier molecular flexibility index (Phi) is 7.05. The lowest BCUT2D eigenvalue weighted by atomic mass is 10.0. The smallest absolute Gasteiger partial charge is 0.152 e. The molecule has 1 saturated heterocycles. The molecule has 8 heteroatoms. The number of para-hydroxylation sites is 1. The number of fused-ring (bicyclic) bond motifs is 3. The fourth-order valence-corrected chi connectivity index (χ4v) is 4.81. The fraction of sp³-hybridized carbons (Fsp3) is 0.400. The van der Waals surface area contributed by atoms with Crippen molar-refractivity contribution < 1.29 is 5.48 Å². The monoisotopic (exact) mass is 447 g/mol. The van der Waals surface area contributed by atoms with Crippen molar-refractivity contribution >= 4 is 33.4 Å². The van der Waals surface area contributed by atoms with Crippen molar-refractivity contribution in [3.63, 3.8) is 0 Å². The number of anilines is 2. The van der Waals surface area contributed by atoms with Gasteiger partial charge in [-0.05, 0) is 50.9 Å². The van der Waals surface area contributed by atoms with E-state index in [1.54, 1.807) is 0 Å². The predicted octanol–water partition coefficient (Wildman–Crippen LogP) is 2.90.